The molecule has 5 atom stereocenters. The van der Waals surface area contributed by atoms with Crippen LogP contribution in [0.25, 0.3) is 11.2 Å². The van der Waals surface area contributed by atoms with Gasteiger partial charge in [-0.05, 0) is 12.2 Å². The van der Waals surface area contributed by atoms with Crippen LogP contribution < -0.4 is 11.5 Å². The maximum absolute atomic E-state index is 10.7. The Balaban J connectivity index is 1.64. The molecule has 0 unspecified atom stereocenters. The number of aliphatic carboxylic acids is 1. The number of hydrogen-bond donors (Lipinski definition) is 5. The topological polar surface area (TPSA) is 183 Å². The molecule has 142 valence electrons. The van der Waals surface area contributed by atoms with E-state index in [1.54, 1.807) is 0 Å². The quantitative estimate of drug-likeness (QED) is 0.352. The molecular formula is C14H20N6O5S. The SMILES string of the molecule is Nc1ncnc2c1ncn2[C@@H]1O[C@H](CSCC[C@H](N)C(=O)O)[C@H](O)[C@H]1O. The molecule has 11 nitrogen and oxygen atoms in total. The van der Waals surface area contributed by atoms with Crippen LogP contribution in [0.1, 0.15) is 12.6 Å². The number of aliphatic hydroxyl groups excluding tert-OH is 2. The fourth-order valence-corrected chi connectivity index (χ4v) is 3.78. The smallest absolute Gasteiger partial charge is 0.320 e. The third-order valence-corrected chi connectivity index (χ3v) is 5.26. The monoisotopic (exact) mass is 384 g/mol. The molecule has 1 aliphatic heterocycles. The molecule has 0 amide bonds. The second-order valence-corrected chi connectivity index (χ2v) is 7.09. The van der Waals surface area contributed by atoms with Crippen molar-refractivity contribution in [3.8, 4) is 0 Å². The molecule has 1 aliphatic rings. The molecule has 1 saturated heterocycles. The van der Waals surface area contributed by atoms with Crippen molar-refractivity contribution in [3.63, 3.8) is 0 Å². The van der Waals surface area contributed by atoms with Crippen LogP contribution >= 0.6 is 11.8 Å². The number of carboxylic acid groups (broad SMARTS) is 1. The number of imidazole rings is 1. The number of hydrogen-bond acceptors (Lipinski definition) is 10. The van der Waals surface area contributed by atoms with E-state index in [4.69, 9.17) is 21.3 Å². The molecule has 2 aromatic rings. The van der Waals surface area contributed by atoms with Crippen molar-refractivity contribution in [2.24, 2.45) is 5.73 Å². The van der Waals surface area contributed by atoms with E-state index in [1.807, 2.05) is 0 Å². The maximum atomic E-state index is 10.7. The fourth-order valence-electron chi connectivity index (χ4n) is 2.69. The molecule has 0 saturated carbocycles. The lowest BCUT2D eigenvalue weighted by Crippen LogP contribution is -2.33. The van der Waals surface area contributed by atoms with Gasteiger partial charge in [0.25, 0.3) is 0 Å². The van der Waals surface area contributed by atoms with Gasteiger partial charge >= 0.3 is 5.97 Å². The number of nitrogen functional groups attached to an aromatic ring is 1. The number of nitrogens with zero attached hydrogens (tertiary/aromatic N) is 4. The Labute approximate surface area is 152 Å². The lowest BCUT2D eigenvalue weighted by atomic mass is 10.1. The van der Waals surface area contributed by atoms with E-state index in [9.17, 15) is 15.0 Å². The van der Waals surface area contributed by atoms with E-state index >= 15 is 0 Å². The molecule has 2 aromatic heterocycles. The Bertz CT molecular complexity index is 788. The summed E-state index contributed by atoms with van der Waals surface area (Å²) in [5, 5.41) is 29.3. The summed E-state index contributed by atoms with van der Waals surface area (Å²) in [5.74, 6) is 0.0405. The summed E-state index contributed by atoms with van der Waals surface area (Å²) in [7, 11) is 0. The van der Waals surface area contributed by atoms with Gasteiger partial charge in [-0.2, -0.15) is 11.8 Å². The number of anilines is 1. The molecule has 1 fully saturated rings. The normalized spacial score (nSPS) is 27.0. The van der Waals surface area contributed by atoms with Crippen molar-refractivity contribution in [3.05, 3.63) is 12.7 Å². The van der Waals surface area contributed by atoms with Crippen LogP contribution in [0.15, 0.2) is 12.7 Å². The molecule has 7 N–H and O–H groups in total. The first kappa shape index (κ1) is 18.8. The average Bonchev–Trinajstić information content (AvgIpc) is 3.15. The average molecular weight is 384 g/mol. The molecule has 0 spiro atoms. The highest BCUT2D eigenvalue weighted by molar-refractivity contribution is 7.99. The number of aromatic nitrogens is 4. The molecule has 3 rings (SSSR count). The highest BCUT2D eigenvalue weighted by atomic mass is 32.2. The number of aliphatic hydroxyl groups is 2. The molecule has 3 heterocycles. The minimum absolute atomic E-state index is 0.212. The van der Waals surface area contributed by atoms with Gasteiger partial charge in [-0.25, -0.2) is 15.0 Å². The minimum Gasteiger partial charge on any atom is -0.480 e. The zero-order chi connectivity index (χ0) is 18.8. The largest absolute Gasteiger partial charge is 0.480 e. The van der Waals surface area contributed by atoms with Crippen LogP contribution in [0.3, 0.4) is 0 Å². The zero-order valence-corrected chi connectivity index (χ0v) is 14.5. The number of fused-ring (bicyclic) bond motifs is 1. The Morgan fingerprint density at radius 2 is 2.12 bits per heavy atom. The summed E-state index contributed by atoms with van der Waals surface area (Å²) in [5.41, 5.74) is 12.0. The number of thioether (sulfide) groups is 1. The number of carbonyl (C=O) groups is 1. The van der Waals surface area contributed by atoms with Gasteiger partial charge in [0.1, 0.15) is 30.1 Å². The Morgan fingerprint density at radius 3 is 2.85 bits per heavy atom. The Morgan fingerprint density at radius 1 is 1.35 bits per heavy atom. The second-order valence-electron chi connectivity index (χ2n) is 5.94. The van der Waals surface area contributed by atoms with E-state index in [-0.39, 0.29) is 5.82 Å². The summed E-state index contributed by atoms with van der Waals surface area (Å²) in [6.07, 6.45) is -0.747. The van der Waals surface area contributed by atoms with E-state index in [2.05, 4.69) is 15.0 Å². The predicted octanol–water partition coefficient (Wildman–Crippen LogP) is -1.44. The second kappa shape index (κ2) is 7.72. The first-order chi connectivity index (χ1) is 12.4. The van der Waals surface area contributed by atoms with E-state index in [0.29, 0.717) is 29.1 Å². The van der Waals surface area contributed by atoms with Gasteiger partial charge in [0, 0.05) is 5.75 Å². The number of ether oxygens (including phenoxy) is 1. The number of nitrogens with two attached hydrogens (primary N) is 2. The van der Waals surface area contributed by atoms with Gasteiger partial charge in [-0.15, -0.1) is 0 Å². The molecular weight excluding hydrogens is 364 g/mol. The summed E-state index contributed by atoms with van der Waals surface area (Å²) >= 11 is 1.40. The molecule has 0 radical (unpaired) electrons. The van der Waals surface area contributed by atoms with E-state index in [0.717, 1.165) is 0 Å². The van der Waals surface area contributed by atoms with Gasteiger partial charge in [-0.3, -0.25) is 9.36 Å². The molecule has 26 heavy (non-hydrogen) atoms. The highest BCUT2D eigenvalue weighted by Crippen LogP contribution is 2.33. The number of rotatable bonds is 7. The fraction of sp³-hybridized carbons (Fsp3) is 0.571. The molecule has 0 bridgehead atoms. The molecule has 0 aliphatic carbocycles. The van der Waals surface area contributed by atoms with Crippen LogP contribution in [-0.2, 0) is 9.53 Å². The van der Waals surface area contributed by atoms with Crippen molar-refractivity contribution in [1.29, 1.82) is 0 Å². The van der Waals surface area contributed by atoms with E-state index in [1.165, 1.54) is 29.0 Å². The lowest BCUT2D eigenvalue weighted by molar-refractivity contribution is -0.138. The van der Waals surface area contributed by atoms with Gasteiger partial charge < -0.3 is 31.5 Å². The zero-order valence-electron chi connectivity index (χ0n) is 13.7. The Hall–Kier alpha value is -1.99. The highest BCUT2D eigenvalue weighted by Gasteiger charge is 2.44. The maximum Gasteiger partial charge on any atom is 0.320 e. The first-order valence-electron chi connectivity index (χ1n) is 7.91. The van der Waals surface area contributed by atoms with Crippen LogP contribution in [0.2, 0.25) is 0 Å². The van der Waals surface area contributed by atoms with Crippen LogP contribution in [0.4, 0.5) is 5.82 Å². The summed E-state index contributed by atoms with van der Waals surface area (Å²) < 4.78 is 7.29. The summed E-state index contributed by atoms with van der Waals surface area (Å²) in [4.78, 5) is 22.8. The predicted molar refractivity (Wildman–Crippen MR) is 93.2 cm³/mol. The minimum atomic E-state index is -1.17. The van der Waals surface area contributed by atoms with Gasteiger partial charge in [0.05, 0.1) is 12.4 Å². The van der Waals surface area contributed by atoms with E-state index < -0.39 is 36.6 Å². The van der Waals surface area contributed by atoms with Crippen molar-refractivity contribution in [1.82, 2.24) is 19.5 Å². The van der Waals surface area contributed by atoms with Gasteiger partial charge in [-0.1, -0.05) is 0 Å². The van der Waals surface area contributed by atoms with Gasteiger partial charge in [0.2, 0.25) is 0 Å². The van der Waals surface area contributed by atoms with Crippen molar-refractivity contribution in [2.45, 2.75) is 37.0 Å². The van der Waals surface area contributed by atoms with Crippen molar-refractivity contribution >= 4 is 34.7 Å². The van der Waals surface area contributed by atoms with Crippen molar-refractivity contribution < 1.29 is 24.9 Å². The first-order valence-corrected chi connectivity index (χ1v) is 9.06. The van der Waals surface area contributed by atoms with Crippen LogP contribution in [-0.4, -0.2) is 76.7 Å². The number of carboxylic acids is 1. The molecule has 12 heteroatoms. The van der Waals surface area contributed by atoms with Crippen LogP contribution in [0.5, 0.6) is 0 Å². The Kier molecular flexibility index (Phi) is 5.58. The third kappa shape index (κ3) is 3.59. The van der Waals surface area contributed by atoms with Crippen LogP contribution in [0, 0.1) is 0 Å². The summed E-state index contributed by atoms with van der Waals surface area (Å²) in [6, 6.07) is -0.919. The standard InChI is InChI=1S/C14H20N6O5S/c15-6(14(23)24)1-2-26-3-7-9(21)10(22)13(25-7)20-5-19-8-11(16)17-4-18-12(8)20/h4-7,9-10,13,21-22H,1-3,15H2,(H,23,24)(H2,16,17,18)/t6-,7+,9-,10+,13+/m0/s1. The lowest BCUT2D eigenvalue weighted by Gasteiger charge is -2.16. The van der Waals surface area contributed by atoms with Crippen molar-refractivity contribution in [2.75, 3.05) is 17.2 Å². The third-order valence-electron chi connectivity index (χ3n) is 4.17. The summed E-state index contributed by atoms with van der Waals surface area (Å²) in [6.45, 7) is 0. The molecule has 0 aromatic carbocycles. The van der Waals surface area contributed by atoms with Gasteiger partial charge in [0.15, 0.2) is 17.7 Å².